The van der Waals surface area contributed by atoms with E-state index in [-0.39, 0.29) is 22.3 Å². The molecule has 1 unspecified atom stereocenters. The first-order valence-electron chi connectivity index (χ1n) is 9.27. The molecule has 1 fully saturated rings. The molecule has 3 heterocycles. The number of oxime groups is 1. The summed E-state index contributed by atoms with van der Waals surface area (Å²) in [4.78, 5) is 69.2. The van der Waals surface area contributed by atoms with Crippen molar-refractivity contribution < 1.29 is 43.8 Å². The van der Waals surface area contributed by atoms with Crippen LogP contribution in [0, 0.1) is 0 Å². The van der Waals surface area contributed by atoms with Crippen LogP contribution >= 0.6 is 23.1 Å². The Morgan fingerprint density at radius 2 is 2.03 bits per heavy atom. The van der Waals surface area contributed by atoms with Crippen molar-refractivity contribution in [3.05, 3.63) is 35.0 Å². The number of hydrogen-bond acceptors (Lipinski definition) is 12. The second-order valence-electron chi connectivity index (χ2n) is 6.59. The smallest absolute Gasteiger partial charge is 0.355 e. The van der Waals surface area contributed by atoms with Crippen LogP contribution in [0.5, 0.6) is 0 Å². The minimum atomic E-state index is -1.37. The molecule has 2 amide bonds. The molecule has 0 bridgehead atoms. The van der Waals surface area contributed by atoms with Crippen molar-refractivity contribution in [2.75, 3.05) is 24.7 Å². The maximum Gasteiger partial charge on any atom is 0.355 e. The van der Waals surface area contributed by atoms with Gasteiger partial charge >= 0.3 is 17.9 Å². The molecule has 2 atom stereocenters. The quantitative estimate of drug-likeness (QED) is 0.129. The van der Waals surface area contributed by atoms with Crippen molar-refractivity contribution in [2.45, 2.75) is 11.4 Å². The van der Waals surface area contributed by atoms with Crippen molar-refractivity contribution in [1.29, 1.82) is 0 Å². The van der Waals surface area contributed by atoms with Crippen molar-refractivity contribution in [3.63, 3.8) is 0 Å². The maximum absolute atomic E-state index is 12.9. The lowest BCUT2D eigenvalue weighted by molar-refractivity contribution is -0.157. The summed E-state index contributed by atoms with van der Waals surface area (Å²) in [5, 5.41) is 24.3. The van der Waals surface area contributed by atoms with Gasteiger partial charge in [0.1, 0.15) is 22.8 Å². The van der Waals surface area contributed by atoms with Gasteiger partial charge in [0, 0.05) is 11.1 Å². The van der Waals surface area contributed by atoms with E-state index in [1.165, 1.54) is 23.2 Å². The number of nitrogens with one attached hydrogen (secondary N) is 1. The number of aromatic nitrogens is 1. The lowest BCUT2D eigenvalue weighted by atomic mass is 10.0. The number of rotatable bonds is 10. The van der Waals surface area contributed by atoms with Gasteiger partial charge in [0.05, 0.1) is 0 Å². The predicted octanol–water partition coefficient (Wildman–Crippen LogP) is -1.00. The second-order valence-corrected chi connectivity index (χ2v) is 8.58. The molecular formula is C18H17N5O9S2. The van der Waals surface area contributed by atoms with Gasteiger partial charge < -0.3 is 30.8 Å². The zero-order valence-corrected chi connectivity index (χ0v) is 18.8. The first-order valence-corrected chi connectivity index (χ1v) is 11.2. The number of carbonyl (C=O) groups is 5. The monoisotopic (exact) mass is 511 g/mol. The first kappa shape index (κ1) is 24.7. The summed E-state index contributed by atoms with van der Waals surface area (Å²) < 4.78 is 4.72. The van der Waals surface area contributed by atoms with Crippen molar-refractivity contribution >= 4 is 63.7 Å². The fourth-order valence-electron chi connectivity index (χ4n) is 2.95. The van der Waals surface area contributed by atoms with Crippen LogP contribution < -0.4 is 11.1 Å². The number of thioether (sulfide) groups is 1. The van der Waals surface area contributed by atoms with E-state index in [1.807, 2.05) is 0 Å². The van der Waals surface area contributed by atoms with Gasteiger partial charge in [-0.15, -0.1) is 23.1 Å². The SMILES string of the molecule is C=CC1=C(C(=O)OCC(=O)O)N2C(=O)C(NC(=O)C(=NOCC(=O)O)c3csc(N)n3)[C@H]2SC1. The molecule has 16 heteroatoms. The van der Waals surface area contributed by atoms with Crippen LogP contribution in [-0.2, 0) is 33.5 Å². The van der Waals surface area contributed by atoms with Crippen LogP contribution in [0.2, 0.25) is 0 Å². The Labute approximate surface area is 199 Å². The van der Waals surface area contributed by atoms with Gasteiger partial charge in [-0.3, -0.25) is 14.5 Å². The molecule has 1 saturated heterocycles. The number of allylic oxidation sites excluding steroid dienone is 1. The number of β-lactam (4-membered cyclic amide) rings is 1. The Bertz CT molecular complexity index is 1130. The predicted molar refractivity (Wildman–Crippen MR) is 117 cm³/mol. The number of thiazole rings is 1. The molecule has 180 valence electrons. The molecular weight excluding hydrogens is 494 g/mol. The highest BCUT2D eigenvalue weighted by atomic mass is 32.2. The number of carbonyl (C=O) groups excluding carboxylic acids is 3. The number of nitrogen functional groups attached to an aromatic ring is 1. The molecule has 0 aliphatic carbocycles. The van der Waals surface area contributed by atoms with Crippen LogP contribution in [0.25, 0.3) is 0 Å². The molecule has 0 radical (unpaired) electrons. The minimum absolute atomic E-state index is 0.0112. The largest absolute Gasteiger partial charge is 0.479 e. The maximum atomic E-state index is 12.9. The van der Waals surface area contributed by atoms with Crippen LogP contribution in [0.4, 0.5) is 5.13 Å². The average molecular weight is 511 g/mol. The number of nitrogens with two attached hydrogens (primary N) is 1. The Morgan fingerprint density at radius 3 is 2.62 bits per heavy atom. The molecule has 2 aliphatic rings. The third-order valence-corrected chi connectivity index (χ3v) is 6.35. The van der Waals surface area contributed by atoms with Gasteiger partial charge in [0.2, 0.25) is 6.61 Å². The number of esters is 1. The van der Waals surface area contributed by atoms with Crippen molar-refractivity contribution in [1.82, 2.24) is 15.2 Å². The number of anilines is 1. The molecule has 2 aliphatic heterocycles. The number of hydrogen-bond donors (Lipinski definition) is 4. The highest BCUT2D eigenvalue weighted by Crippen LogP contribution is 2.40. The third-order valence-electron chi connectivity index (χ3n) is 4.37. The van der Waals surface area contributed by atoms with E-state index in [1.54, 1.807) is 0 Å². The van der Waals surface area contributed by atoms with E-state index in [2.05, 4.69) is 26.9 Å². The summed E-state index contributed by atoms with van der Waals surface area (Å²) >= 11 is 2.24. The summed E-state index contributed by atoms with van der Waals surface area (Å²) in [6.07, 6.45) is 1.36. The normalized spacial score (nSPS) is 19.6. The fraction of sp³-hybridized carbons (Fsp3) is 0.278. The molecule has 5 N–H and O–H groups in total. The standard InChI is InChI=1S/C18H17N5O9S2/c1-2-7-5-33-16-12(15(29)23(16)13(7)17(30)31-3-9(24)25)21-14(28)11(22-32-4-10(26)27)8-6-34-18(19)20-8/h2,6,12,16H,1,3-5H2,(H2,19,20)(H,21,28)(H,24,25)(H,26,27)/t12?,16-/m1/s1. The summed E-state index contributed by atoms with van der Waals surface area (Å²) in [5.74, 6) is -5.00. The lowest BCUT2D eigenvalue weighted by Gasteiger charge is -2.49. The number of carboxylic acids is 2. The van der Waals surface area contributed by atoms with Gasteiger partial charge in [0.15, 0.2) is 17.5 Å². The summed E-state index contributed by atoms with van der Waals surface area (Å²) in [5.41, 5.74) is 5.42. The molecule has 0 spiro atoms. The number of amides is 2. The molecule has 0 saturated carbocycles. The highest BCUT2D eigenvalue weighted by Gasteiger charge is 2.54. The molecule has 1 aromatic heterocycles. The van der Waals surface area contributed by atoms with Crippen molar-refractivity contribution in [2.24, 2.45) is 5.16 Å². The molecule has 34 heavy (non-hydrogen) atoms. The van der Waals surface area contributed by atoms with Crippen molar-refractivity contribution in [3.8, 4) is 0 Å². The zero-order valence-electron chi connectivity index (χ0n) is 17.1. The Balaban J connectivity index is 1.78. The highest BCUT2D eigenvalue weighted by molar-refractivity contribution is 8.00. The number of ether oxygens (including phenoxy) is 1. The van der Waals surface area contributed by atoms with E-state index in [0.717, 1.165) is 16.2 Å². The Kier molecular flexibility index (Phi) is 7.52. The van der Waals surface area contributed by atoms with Gasteiger partial charge in [-0.25, -0.2) is 19.4 Å². The number of fused-ring (bicyclic) bond motifs is 1. The van der Waals surface area contributed by atoms with Gasteiger partial charge in [0.25, 0.3) is 11.8 Å². The van der Waals surface area contributed by atoms with Crippen LogP contribution in [0.3, 0.4) is 0 Å². The summed E-state index contributed by atoms with van der Waals surface area (Å²) in [6, 6.07) is -1.08. The van der Waals surface area contributed by atoms with E-state index < -0.39 is 60.1 Å². The van der Waals surface area contributed by atoms with E-state index in [9.17, 15) is 24.0 Å². The average Bonchev–Trinajstić information content (AvgIpc) is 3.22. The third kappa shape index (κ3) is 5.18. The number of carboxylic acid groups (broad SMARTS) is 2. The van der Waals surface area contributed by atoms with Gasteiger partial charge in [-0.1, -0.05) is 17.8 Å². The lowest BCUT2D eigenvalue weighted by Crippen LogP contribution is -2.71. The molecule has 3 rings (SSSR count). The van der Waals surface area contributed by atoms with Crippen LogP contribution in [-0.4, -0.2) is 85.9 Å². The Morgan fingerprint density at radius 1 is 1.32 bits per heavy atom. The molecule has 14 nitrogen and oxygen atoms in total. The van der Waals surface area contributed by atoms with Crippen LogP contribution in [0.1, 0.15) is 5.69 Å². The summed E-state index contributed by atoms with van der Waals surface area (Å²) in [6.45, 7) is 1.89. The summed E-state index contributed by atoms with van der Waals surface area (Å²) in [7, 11) is 0. The zero-order chi connectivity index (χ0) is 25.0. The number of nitrogens with zero attached hydrogens (tertiary/aromatic N) is 3. The fourth-order valence-corrected chi connectivity index (χ4v) is 4.83. The topological polar surface area (TPSA) is 211 Å². The number of aliphatic carboxylic acids is 2. The second kappa shape index (κ2) is 10.3. The van der Waals surface area contributed by atoms with E-state index >= 15 is 0 Å². The van der Waals surface area contributed by atoms with E-state index in [4.69, 9.17) is 20.7 Å². The van der Waals surface area contributed by atoms with Gasteiger partial charge in [-0.2, -0.15) is 0 Å². The molecule has 0 aromatic carbocycles. The van der Waals surface area contributed by atoms with Crippen LogP contribution in [0.15, 0.2) is 34.5 Å². The van der Waals surface area contributed by atoms with Gasteiger partial charge in [-0.05, 0) is 5.57 Å². The minimum Gasteiger partial charge on any atom is -0.479 e. The molecule has 1 aromatic rings. The van der Waals surface area contributed by atoms with E-state index in [0.29, 0.717) is 5.57 Å². The Hall–Kier alpha value is -3.92. The first-order chi connectivity index (χ1) is 16.1.